The van der Waals surface area contributed by atoms with Crippen LogP contribution in [-0.4, -0.2) is 29.7 Å². The second kappa shape index (κ2) is 6.05. The quantitative estimate of drug-likeness (QED) is 0.903. The molecule has 0 saturated carbocycles. The Morgan fingerprint density at radius 2 is 1.83 bits per heavy atom. The van der Waals surface area contributed by atoms with E-state index in [1.54, 1.807) is 0 Å². The van der Waals surface area contributed by atoms with E-state index in [9.17, 15) is 5.11 Å². The molecule has 0 bridgehead atoms. The van der Waals surface area contributed by atoms with Crippen LogP contribution in [0.3, 0.4) is 0 Å². The summed E-state index contributed by atoms with van der Waals surface area (Å²) in [6, 6.07) is 4.51. The van der Waals surface area contributed by atoms with E-state index in [4.69, 9.17) is 11.6 Å². The monoisotopic (exact) mass is 267 g/mol. The molecule has 1 unspecified atom stereocenters. The summed E-state index contributed by atoms with van der Waals surface area (Å²) in [5.41, 5.74) is 3.68. The Labute approximate surface area is 115 Å². The molecule has 0 spiro atoms. The SMILES string of the molecule is Cc1cc(Cl)c(C(CCO)N2CCCC2)cc1C. The van der Waals surface area contributed by atoms with Gasteiger partial charge in [0.2, 0.25) is 0 Å². The summed E-state index contributed by atoms with van der Waals surface area (Å²) in [6.07, 6.45) is 3.27. The van der Waals surface area contributed by atoms with Crippen LogP contribution in [0.15, 0.2) is 12.1 Å². The van der Waals surface area contributed by atoms with E-state index in [0.717, 1.165) is 24.5 Å². The number of aliphatic hydroxyl groups is 1. The summed E-state index contributed by atoms with van der Waals surface area (Å²) >= 11 is 6.40. The van der Waals surface area contributed by atoms with Gasteiger partial charge in [0.25, 0.3) is 0 Å². The number of likely N-dealkylation sites (tertiary alicyclic amines) is 1. The van der Waals surface area contributed by atoms with E-state index in [0.29, 0.717) is 0 Å². The molecule has 1 aromatic rings. The van der Waals surface area contributed by atoms with Crippen LogP contribution in [0, 0.1) is 13.8 Å². The predicted molar refractivity (Wildman–Crippen MR) is 76.2 cm³/mol. The molecule has 3 heteroatoms. The fourth-order valence-corrected chi connectivity index (χ4v) is 3.11. The third kappa shape index (κ3) is 2.87. The number of aryl methyl sites for hydroxylation is 2. The van der Waals surface area contributed by atoms with Gasteiger partial charge in [0.1, 0.15) is 0 Å². The number of aliphatic hydroxyl groups excluding tert-OH is 1. The summed E-state index contributed by atoms with van der Waals surface area (Å²) in [5, 5.41) is 10.1. The van der Waals surface area contributed by atoms with Crippen molar-refractivity contribution < 1.29 is 5.11 Å². The van der Waals surface area contributed by atoms with Crippen molar-refractivity contribution >= 4 is 11.6 Å². The Balaban J connectivity index is 2.32. The van der Waals surface area contributed by atoms with Crippen LogP contribution in [0.25, 0.3) is 0 Å². The zero-order chi connectivity index (χ0) is 13.1. The van der Waals surface area contributed by atoms with Crippen LogP contribution in [-0.2, 0) is 0 Å². The van der Waals surface area contributed by atoms with Gasteiger partial charge in [0.15, 0.2) is 0 Å². The fourth-order valence-electron chi connectivity index (χ4n) is 2.77. The molecule has 0 aliphatic carbocycles. The molecule has 2 nitrogen and oxygen atoms in total. The van der Waals surface area contributed by atoms with Crippen molar-refractivity contribution in [3.8, 4) is 0 Å². The molecule has 1 heterocycles. The number of rotatable bonds is 4. The van der Waals surface area contributed by atoms with Gasteiger partial charge in [-0.25, -0.2) is 0 Å². The number of nitrogens with zero attached hydrogens (tertiary/aromatic N) is 1. The van der Waals surface area contributed by atoms with Crippen molar-refractivity contribution in [2.75, 3.05) is 19.7 Å². The summed E-state index contributed by atoms with van der Waals surface area (Å²) in [7, 11) is 0. The summed E-state index contributed by atoms with van der Waals surface area (Å²) in [4.78, 5) is 2.45. The highest BCUT2D eigenvalue weighted by Crippen LogP contribution is 2.34. The first-order valence-electron chi connectivity index (χ1n) is 6.75. The first-order chi connectivity index (χ1) is 8.63. The number of halogens is 1. The zero-order valence-corrected chi connectivity index (χ0v) is 12.0. The molecule has 1 aromatic carbocycles. The maximum atomic E-state index is 9.30. The topological polar surface area (TPSA) is 23.5 Å². The molecular formula is C15H22ClNO. The van der Waals surface area contributed by atoms with Gasteiger partial charge in [-0.05, 0) is 69.0 Å². The van der Waals surface area contributed by atoms with Crippen LogP contribution in [0.2, 0.25) is 5.02 Å². The molecule has 1 aliphatic rings. The van der Waals surface area contributed by atoms with Gasteiger partial charge in [-0.3, -0.25) is 4.90 Å². The number of hydrogen-bond donors (Lipinski definition) is 1. The molecule has 100 valence electrons. The average molecular weight is 268 g/mol. The van der Waals surface area contributed by atoms with Gasteiger partial charge in [0, 0.05) is 17.7 Å². The standard InChI is InChI=1S/C15H22ClNO/c1-11-9-13(14(16)10-12(11)2)15(5-8-18)17-6-3-4-7-17/h9-10,15,18H,3-8H2,1-2H3. The highest BCUT2D eigenvalue weighted by atomic mass is 35.5. The third-order valence-electron chi connectivity index (χ3n) is 3.96. The molecule has 0 amide bonds. The van der Waals surface area contributed by atoms with Crippen LogP contribution in [0.5, 0.6) is 0 Å². The van der Waals surface area contributed by atoms with Crippen LogP contribution >= 0.6 is 11.6 Å². The normalized spacial score (nSPS) is 18.2. The Bertz CT molecular complexity index is 413. The summed E-state index contributed by atoms with van der Waals surface area (Å²) in [5.74, 6) is 0. The van der Waals surface area contributed by atoms with Crippen LogP contribution in [0.4, 0.5) is 0 Å². The molecule has 1 aliphatic heterocycles. The second-order valence-corrected chi connectivity index (χ2v) is 5.64. The first-order valence-corrected chi connectivity index (χ1v) is 7.13. The maximum Gasteiger partial charge on any atom is 0.0456 e. The minimum atomic E-state index is 0.213. The highest BCUT2D eigenvalue weighted by molar-refractivity contribution is 6.31. The minimum absolute atomic E-state index is 0.213. The Morgan fingerprint density at radius 3 is 2.44 bits per heavy atom. The van der Waals surface area contributed by atoms with Crippen molar-refractivity contribution in [3.05, 3.63) is 33.8 Å². The summed E-state index contributed by atoms with van der Waals surface area (Å²) < 4.78 is 0. The smallest absolute Gasteiger partial charge is 0.0456 e. The largest absolute Gasteiger partial charge is 0.396 e. The second-order valence-electron chi connectivity index (χ2n) is 5.23. The van der Waals surface area contributed by atoms with E-state index in [1.807, 2.05) is 6.07 Å². The molecule has 1 fully saturated rings. The molecule has 18 heavy (non-hydrogen) atoms. The van der Waals surface area contributed by atoms with E-state index in [-0.39, 0.29) is 12.6 Å². The Hall–Kier alpha value is -0.570. The third-order valence-corrected chi connectivity index (χ3v) is 4.28. The number of hydrogen-bond acceptors (Lipinski definition) is 2. The Morgan fingerprint density at radius 1 is 1.22 bits per heavy atom. The van der Waals surface area contributed by atoms with E-state index < -0.39 is 0 Å². The van der Waals surface area contributed by atoms with Gasteiger partial charge in [0.05, 0.1) is 0 Å². The van der Waals surface area contributed by atoms with Crippen molar-refractivity contribution in [2.45, 2.75) is 39.2 Å². The van der Waals surface area contributed by atoms with Gasteiger partial charge in [-0.15, -0.1) is 0 Å². The van der Waals surface area contributed by atoms with Gasteiger partial charge in [-0.2, -0.15) is 0 Å². The lowest BCUT2D eigenvalue weighted by Crippen LogP contribution is -2.26. The molecular weight excluding hydrogens is 246 g/mol. The van der Waals surface area contributed by atoms with Crippen molar-refractivity contribution in [2.24, 2.45) is 0 Å². The molecule has 1 saturated heterocycles. The van der Waals surface area contributed by atoms with E-state index >= 15 is 0 Å². The molecule has 1 atom stereocenters. The van der Waals surface area contributed by atoms with E-state index in [2.05, 4.69) is 24.8 Å². The molecule has 1 N–H and O–H groups in total. The van der Waals surface area contributed by atoms with Gasteiger partial charge < -0.3 is 5.11 Å². The predicted octanol–water partition coefficient (Wildman–Crippen LogP) is 3.48. The van der Waals surface area contributed by atoms with Gasteiger partial charge >= 0.3 is 0 Å². The van der Waals surface area contributed by atoms with Crippen molar-refractivity contribution in [1.82, 2.24) is 4.90 Å². The minimum Gasteiger partial charge on any atom is -0.396 e. The van der Waals surface area contributed by atoms with Crippen molar-refractivity contribution in [1.29, 1.82) is 0 Å². The Kier molecular flexibility index (Phi) is 4.66. The summed E-state index contributed by atoms with van der Waals surface area (Å²) in [6.45, 7) is 6.66. The number of benzene rings is 1. The fraction of sp³-hybridized carbons (Fsp3) is 0.600. The lowest BCUT2D eigenvalue weighted by Gasteiger charge is -2.28. The molecule has 0 radical (unpaired) electrons. The first kappa shape index (κ1) is 13.9. The van der Waals surface area contributed by atoms with Gasteiger partial charge in [-0.1, -0.05) is 17.7 Å². The zero-order valence-electron chi connectivity index (χ0n) is 11.2. The highest BCUT2D eigenvalue weighted by Gasteiger charge is 2.25. The van der Waals surface area contributed by atoms with Crippen LogP contribution in [0.1, 0.15) is 42.0 Å². The van der Waals surface area contributed by atoms with Crippen molar-refractivity contribution in [3.63, 3.8) is 0 Å². The lowest BCUT2D eigenvalue weighted by molar-refractivity contribution is 0.185. The van der Waals surface area contributed by atoms with E-state index in [1.165, 1.54) is 29.5 Å². The average Bonchev–Trinajstić information content (AvgIpc) is 2.85. The maximum absolute atomic E-state index is 9.30. The lowest BCUT2D eigenvalue weighted by atomic mass is 9.98. The molecule has 2 rings (SSSR count). The molecule has 0 aromatic heterocycles. The van der Waals surface area contributed by atoms with Crippen LogP contribution < -0.4 is 0 Å².